The monoisotopic (exact) mass is 278 g/mol. The molecule has 1 fully saturated rings. The van der Waals surface area contributed by atoms with Gasteiger partial charge in [-0.2, -0.15) is 0 Å². The molecular formula is C14H15FN2O3. The molecule has 1 heterocycles. The first-order valence-corrected chi connectivity index (χ1v) is 6.40. The number of amides is 3. The zero-order valence-electron chi connectivity index (χ0n) is 10.8. The quantitative estimate of drug-likeness (QED) is 0.663. The maximum atomic E-state index is 14.0. The minimum atomic E-state index is -2.25. The van der Waals surface area contributed by atoms with Crippen LogP contribution in [-0.2, 0) is 20.9 Å². The minimum Gasteiger partial charge on any atom is -0.348 e. The summed E-state index contributed by atoms with van der Waals surface area (Å²) in [6.07, 6.45) is -1.65. The summed E-state index contributed by atoms with van der Waals surface area (Å²) in [5, 5.41) is 2.38. The molecule has 6 heteroatoms. The Morgan fingerprint density at radius 3 is 2.40 bits per heavy atom. The highest BCUT2D eigenvalue weighted by Gasteiger charge is 2.36. The average Bonchev–Trinajstić information content (AvgIpc) is 2.45. The number of benzene rings is 1. The van der Waals surface area contributed by atoms with E-state index < -0.39 is 24.0 Å². The van der Waals surface area contributed by atoms with Crippen LogP contribution in [0.5, 0.6) is 0 Å². The highest BCUT2D eigenvalue weighted by molar-refractivity contribution is 6.01. The van der Waals surface area contributed by atoms with E-state index in [0.29, 0.717) is 11.3 Å². The van der Waals surface area contributed by atoms with Crippen molar-refractivity contribution < 1.29 is 18.8 Å². The van der Waals surface area contributed by atoms with E-state index >= 15 is 0 Å². The third kappa shape index (κ3) is 3.20. The van der Waals surface area contributed by atoms with Crippen LogP contribution in [0.1, 0.15) is 24.8 Å². The van der Waals surface area contributed by atoms with Gasteiger partial charge in [-0.1, -0.05) is 30.3 Å². The number of imide groups is 1. The number of nitrogens with zero attached hydrogens (tertiary/aromatic N) is 1. The molecule has 106 valence electrons. The lowest BCUT2D eigenvalue weighted by atomic mass is 10.1. The number of likely N-dealkylation sites (tertiary alicyclic amines) is 1. The number of hydrogen-bond acceptors (Lipinski definition) is 3. The Morgan fingerprint density at radius 2 is 1.80 bits per heavy atom. The number of alkyl halides is 1. The smallest absolute Gasteiger partial charge is 0.276 e. The predicted octanol–water partition coefficient (Wildman–Crippen LogP) is 1.14. The molecule has 0 saturated carbocycles. The molecule has 0 bridgehead atoms. The third-order valence-corrected chi connectivity index (χ3v) is 3.07. The second-order valence-corrected chi connectivity index (χ2v) is 4.55. The van der Waals surface area contributed by atoms with E-state index in [1.54, 1.807) is 24.3 Å². The second kappa shape index (κ2) is 6.27. The topological polar surface area (TPSA) is 66.5 Å². The van der Waals surface area contributed by atoms with E-state index in [-0.39, 0.29) is 19.4 Å². The van der Waals surface area contributed by atoms with Gasteiger partial charge in [0, 0.05) is 19.4 Å². The van der Waals surface area contributed by atoms with Gasteiger partial charge >= 0.3 is 0 Å². The van der Waals surface area contributed by atoms with Crippen molar-refractivity contribution in [2.75, 3.05) is 0 Å². The van der Waals surface area contributed by atoms with Gasteiger partial charge in [0.1, 0.15) is 0 Å². The van der Waals surface area contributed by atoms with Crippen LogP contribution < -0.4 is 5.32 Å². The standard InChI is InChI=1S/C14H15FN2O3/c15-13(17-11(18)7-4-8-12(17)19)14(20)16-9-10-5-2-1-3-6-10/h1-3,5-6,13H,4,7-9H2,(H,16,20). The Kier molecular flexibility index (Phi) is 4.45. The van der Waals surface area contributed by atoms with E-state index in [0.717, 1.165) is 5.56 Å². The highest BCUT2D eigenvalue weighted by atomic mass is 19.1. The minimum absolute atomic E-state index is 0.0954. The molecule has 5 nitrogen and oxygen atoms in total. The van der Waals surface area contributed by atoms with E-state index in [1.807, 2.05) is 6.07 Å². The summed E-state index contributed by atoms with van der Waals surface area (Å²) in [5.74, 6) is -2.25. The number of hydrogen-bond donors (Lipinski definition) is 1. The molecule has 1 unspecified atom stereocenters. The maximum absolute atomic E-state index is 14.0. The van der Waals surface area contributed by atoms with Gasteiger partial charge in [0.15, 0.2) is 0 Å². The van der Waals surface area contributed by atoms with Crippen molar-refractivity contribution in [1.82, 2.24) is 10.2 Å². The number of carbonyl (C=O) groups excluding carboxylic acids is 3. The van der Waals surface area contributed by atoms with Crippen LogP contribution in [0.15, 0.2) is 30.3 Å². The summed E-state index contributed by atoms with van der Waals surface area (Å²) in [6, 6.07) is 8.99. The Hall–Kier alpha value is -2.24. The van der Waals surface area contributed by atoms with Crippen LogP contribution in [0.25, 0.3) is 0 Å². The zero-order chi connectivity index (χ0) is 14.5. The molecule has 0 spiro atoms. The first-order chi connectivity index (χ1) is 9.59. The van der Waals surface area contributed by atoms with Crippen molar-refractivity contribution in [3.05, 3.63) is 35.9 Å². The van der Waals surface area contributed by atoms with Crippen LogP contribution in [0.2, 0.25) is 0 Å². The van der Waals surface area contributed by atoms with E-state index in [9.17, 15) is 18.8 Å². The Bertz CT molecular complexity index is 502. The van der Waals surface area contributed by atoms with Gasteiger partial charge in [0.05, 0.1) is 0 Å². The molecule has 1 aliphatic rings. The van der Waals surface area contributed by atoms with E-state index in [2.05, 4.69) is 5.32 Å². The molecule has 1 aliphatic heterocycles. The maximum Gasteiger partial charge on any atom is 0.276 e. The average molecular weight is 278 g/mol. The molecule has 0 radical (unpaired) electrons. The van der Waals surface area contributed by atoms with Crippen LogP contribution >= 0.6 is 0 Å². The molecule has 20 heavy (non-hydrogen) atoms. The lowest BCUT2D eigenvalue weighted by Gasteiger charge is -2.27. The van der Waals surface area contributed by atoms with Crippen LogP contribution in [0.4, 0.5) is 4.39 Å². The zero-order valence-corrected chi connectivity index (χ0v) is 10.8. The number of piperidine rings is 1. The fourth-order valence-electron chi connectivity index (χ4n) is 2.01. The number of nitrogens with one attached hydrogen (secondary N) is 1. The van der Waals surface area contributed by atoms with Crippen molar-refractivity contribution in [2.24, 2.45) is 0 Å². The summed E-state index contributed by atoms with van der Waals surface area (Å²) in [7, 11) is 0. The molecule has 0 aromatic heterocycles. The molecule has 2 rings (SSSR count). The van der Waals surface area contributed by atoms with Crippen molar-refractivity contribution in [1.29, 1.82) is 0 Å². The van der Waals surface area contributed by atoms with Crippen molar-refractivity contribution in [2.45, 2.75) is 32.1 Å². The normalized spacial score (nSPS) is 16.9. The first-order valence-electron chi connectivity index (χ1n) is 6.40. The van der Waals surface area contributed by atoms with E-state index in [1.165, 1.54) is 0 Å². The first kappa shape index (κ1) is 14.2. The fourth-order valence-corrected chi connectivity index (χ4v) is 2.01. The summed E-state index contributed by atoms with van der Waals surface area (Å²) < 4.78 is 14.0. The van der Waals surface area contributed by atoms with Gasteiger partial charge in [-0.3, -0.25) is 14.4 Å². The number of halogens is 1. The Labute approximate surface area is 115 Å². The molecule has 3 amide bonds. The number of carbonyl (C=O) groups is 3. The lowest BCUT2D eigenvalue weighted by molar-refractivity contribution is -0.160. The van der Waals surface area contributed by atoms with Crippen LogP contribution in [0, 0.1) is 0 Å². The highest BCUT2D eigenvalue weighted by Crippen LogP contribution is 2.16. The number of rotatable bonds is 4. The van der Waals surface area contributed by atoms with Crippen LogP contribution in [-0.4, -0.2) is 28.9 Å². The molecule has 1 saturated heterocycles. The van der Waals surface area contributed by atoms with Gasteiger partial charge in [0.2, 0.25) is 11.8 Å². The van der Waals surface area contributed by atoms with Gasteiger partial charge in [-0.05, 0) is 12.0 Å². The van der Waals surface area contributed by atoms with Gasteiger partial charge < -0.3 is 5.32 Å². The van der Waals surface area contributed by atoms with Gasteiger partial charge in [-0.15, -0.1) is 0 Å². The van der Waals surface area contributed by atoms with Gasteiger partial charge in [-0.25, -0.2) is 9.29 Å². The summed E-state index contributed by atoms with van der Waals surface area (Å²) in [6.45, 7) is 0.149. The molecule has 1 aromatic rings. The third-order valence-electron chi connectivity index (χ3n) is 3.07. The van der Waals surface area contributed by atoms with Crippen molar-refractivity contribution in [3.8, 4) is 0 Å². The molecule has 0 aliphatic carbocycles. The van der Waals surface area contributed by atoms with E-state index in [4.69, 9.17) is 0 Å². The van der Waals surface area contributed by atoms with Crippen LogP contribution in [0.3, 0.4) is 0 Å². The summed E-state index contributed by atoms with van der Waals surface area (Å²) in [4.78, 5) is 35.1. The second-order valence-electron chi connectivity index (χ2n) is 4.55. The largest absolute Gasteiger partial charge is 0.348 e. The lowest BCUT2D eigenvalue weighted by Crippen LogP contribution is -2.51. The Balaban J connectivity index is 1.94. The molecule has 1 atom stereocenters. The fraction of sp³-hybridized carbons (Fsp3) is 0.357. The van der Waals surface area contributed by atoms with Crippen molar-refractivity contribution in [3.63, 3.8) is 0 Å². The molecular weight excluding hydrogens is 263 g/mol. The summed E-state index contributed by atoms with van der Waals surface area (Å²) >= 11 is 0. The Morgan fingerprint density at radius 1 is 1.20 bits per heavy atom. The predicted molar refractivity (Wildman–Crippen MR) is 68.9 cm³/mol. The van der Waals surface area contributed by atoms with Crippen molar-refractivity contribution >= 4 is 17.7 Å². The molecule has 1 N–H and O–H groups in total. The summed E-state index contributed by atoms with van der Waals surface area (Å²) in [5.41, 5.74) is 0.810. The van der Waals surface area contributed by atoms with Gasteiger partial charge in [0.25, 0.3) is 12.2 Å². The molecule has 1 aromatic carbocycles. The SMILES string of the molecule is O=C(NCc1ccccc1)C(F)N1C(=O)CCCC1=O.